The van der Waals surface area contributed by atoms with E-state index in [2.05, 4.69) is 44.5 Å². The third kappa shape index (κ3) is 9.73. The smallest absolute Gasteiger partial charge is 0.225 e. The first-order valence-corrected chi connectivity index (χ1v) is 12.4. The SMILES string of the molecule is C#CC(=NC)c1ccc(C)cc1.C=C(C)c1ccccc1.CCC(=O)N1CCN(c2ncccn2)CC1. The van der Waals surface area contributed by atoms with Crippen LogP contribution in [0.4, 0.5) is 5.95 Å². The van der Waals surface area contributed by atoms with Gasteiger partial charge in [0.25, 0.3) is 0 Å². The van der Waals surface area contributed by atoms with Crippen LogP contribution >= 0.6 is 0 Å². The number of anilines is 1. The second-order valence-electron chi connectivity index (χ2n) is 8.50. The Kier molecular flexibility index (Phi) is 12.3. The van der Waals surface area contributed by atoms with Crippen LogP contribution in [-0.4, -0.2) is 59.7 Å². The van der Waals surface area contributed by atoms with E-state index >= 15 is 0 Å². The highest BCUT2D eigenvalue weighted by atomic mass is 16.2. The van der Waals surface area contributed by atoms with Crippen molar-refractivity contribution in [1.29, 1.82) is 0 Å². The van der Waals surface area contributed by atoms with Gasteiger partial charge in [0.15, 0.2) is 0 Å². The van der Waals surface area contributed by atoms with Crippen LogP contribution < -0.4 is 4.90 Å². The second kappa shape index (κ2) is 15.7. The van der Waals surface area contributed by atoms with Crippen molar-refractivity contribution in [3.05, 3.63) is 96.3 Å². The lowest BCUT2D eigenvalue weighted by Crippen LogP contribution is -2.49. The van der Waals surface area contributed by atoms with Crippen LogP contribution in [-0.2, 0) is 4.79 Å². The van der Waals surface area contributed by atoms with Gasteiger partial charge in [0.1, 0.15) is 5.71 Å². The number of piperazine rings is 1. The minimum absolute atomic E-state index is 0.230. The number of nitrogens with zero attached hydrogens (tertiary/aromatic N) is 5. The molecule has 1 saturated heterocycles. The number of terminal acetylenes is 1. The normalized spacial score (nSPS) is 12.8. The molecule has 0 aliphatic carbocycles. The van der Waals surface area contributed by atoms with Crippen molar-refractivity contribution in [2.45, 2.75) is 27.2 Å². The van der Waals surface area contributed by atoms with E-state index in [9.17, 15) is 4.79 Å². The van der Waals surface area contributed by atoms with Crippen molar-refractivity contribution in [2.24, 2.45) is 4.99 Å². The Morgan fingerprint density at radius 3 is 2.03 bits per heavy atom. The van der Waals surface area contributed by atoms with E-state index < -0.39 is 0 Å². The van der Waals surface area contributed by atoms with Gasteiger partial charge in [0.05, 0.1) is 0 Å². The maximum absolute atomic E-state index is 11.5. The van der Waals surface area contributed by atoms with Gasteiger partial charge in [0.2, 0.25) is 11.9 Å². The molecule has 0 spiro atoms. The third-order valence-electron chi connectivity index (χ3n) is 5.72. The zero-order chi connectivity index (χ0) is 27.0. The largest absolute Gasteiger partial charge is 0.339 e. The highest BCUT2D eigenvalue weighted by molar-refractivity contribution is 6.12. The van der Waals surface area contributed by atoms with Crippen molar-refractivity contribution in [1.82, 2.24) is 14.9 Å². The molecule has 6 nitrogen and oxygen atoms in total. The maximum Gasteiger partial charge on any atom is 0.225 e. The summed E-state index contributed by atoms with van der Waals surface area (Å²) in [6.07, 6.45) is 9.34. The molecule has 6 heteroatoms. The maximum atomic E-state index is 11.5. The van der Waals surface area contributed by atoms with E-state index in [1.54, 1.807) is 25.5 Å². The summed E-state index contributed by atoms with van der Waals surface area (Å²) in [5.74, 6) is 3.52. The summed E-state index contributed by atoms with van der Waals surface area (Å²) in [5.41, 5.74) is 5.28. The fourth-order valence-electron chi connectivity index (χ4n) is 3.55. The van der Waals surface area contributed by atoms with Crippen LogP contribution in [0.15, 0.2) is 84.6 Å². The lowest BCUT2D eigenvalue weighted by atomic mass is 10.1. The number of carbonyl (C=O) groups is 1. The summed E-state index contributed by atoms with van der Waals surface area (Å²) in [5, 5.41) is 0. The Bertz CT molecular complexity index is 1170. The van der Waals surface area contributed by atoms with E-state index in [1.807, 2.05) is 68.1 Å². The van der Waals surface area contributed by atoms with Crippen LogP contribution in [0, 0.1) is 19.3 Å². The van der Waals surface area contributed by atoms with Crippen molar-refractivity contribution < 1.29 is 4.79 Å². The molecule has 2 heterocycles. The molecule has 0 saturated carbocycles. The second-order valence-corrected chi connectivity index (χ2v) is 8.50. The Morgan fingerprint density at radius 1 is 0.973 bits per heavy atom. The average molecular weight is 496 g/mol. The molecule has 1 amide bonds. The molecule has 1 aromatic heterocycles. The Labute approximate surface area is 221 Å². The average Bonchev–Trinajstić information content (AvgIpc) is 2.96. The van der Waals surface area contributed by atoms with Gasteiger partial charge in [-0.2, -0.15) is 0 Å². The number of rotatable bonds is 4. The van der Waals surface area contributed by atoms with Gasteiger partial charge in [-0.25, -0.2) is 9.97 Å². The molecular formula is C31H37N5O. The molecule has 1 fully saturated rings. The summed E-state index contributed by atoms with van der Waals surface area (Å²) in [7, 11) is 1.70. The summed E-state index contributed by atoms with van der Waals surface area (Å²) in [6, 6.07) is 20.0. The van der Waals surface area contributed by atoms with Gasteiger partial charge >= 0.3 is 0 Å². The van der Waals surface area contributed by atoms with Crippen molar-refractivity contribution in [3.63, 3.8) is 0 Å². The number of benzene rings is 2. The quantitative estimate of drug-likeness (QED) is 0.364. The van der Waals surface area contributed by atoms with Gasteiger partial charge in [-0.3, -0.25) is 9.79 Å². The Hall–Kier alpha value is -4.24. The third-order valence-corrected chi connectivity index (χ3v) is 5.72. The minimum Gasteiger partial charge on any atom is -0.339 e. The molecule has 4 rings (SSSR count). The number of hydrogen-bond acceptors (Lipinski definition) is 5. The summed E-state index contributed by atoms with van der Waals surface area (Å²) in [6.45, 7) is 12.9. The monoisotopic (exact) mass is 495 g/mol. The molecule has 0 radical (unpaired) electrons. The topological polar surface area (TPSA) is 61.7 Å². The van der Waals surface area contributed by atoms with Crippen molar-refractivity contribution >= 4 is 23.1 Å². The predicted octanol–water partition coefficient (Wildman–Crippen LogP) is 5.30. The van der Waals surface area contributed by atoms with Gasteiger partial charge in [0, 0.05) is 57.6 Å². The van der Waals surface area contributed by atoms with Crippen LogP contribution in [0.3, 0.4) is 0 Å². The van der Waals surface area contributed by atoms with E-state index in [-0.39, 0.29) is 5.91 Å². The molecule has 1 aliphatic rings. The fraction of sp³-hybridized carbons (Fsp3) is 0.290. The number of hydrogen-bond donors (Lipinski definition) is 0. The standard InChI is InChI=1S/C11H16N4O.C11H11N.C9H10/c1-2-10(16)14-6-8-15(9-7-14)11-12-4-3-5-13-11;1-4-11(12-3)10-7-5-9(2)6-8-10;1-8(2)9-6-4-3-5-7-9/h3-5H,2,6-9H2,1H3;1,5-8H,2-3H3;3-7H,1H2,2H3. The van der Waals surface area contributed by atoms with Crippen LogP contribution in [0.5, 0.6) is 0 Å². The first-order valence-electron chi connectivity index (χ1n) is 12.4. The molecule has 37 heavy (non-hydrogen) atoms. The lowest BCUT2D eigenvalue weighted by Gasteiger charge is -2.34. The van der Waals surface area contributed by atoms with Crippen LogP contribution in [0.25, 0.3) is 5.57 Å². The van der Waals surface area contributed by atoms with Crippen LogP contribution in [0.2, 0.25) is 0 Å². The van der Waals surface area contributed by atoms with Gasteiger partial charge in [-0.05, 0) is 25.5 Å². The predicted molar refractivity (Wildman–Crippen MR) is 155 cm³/mol. The van der Waals surface area contributed by atoms with Crippen LogP contribution in [0.1, 0.15) is 37.0 Å². The molecule has 0 bridgehead atoms. The molecule has 0 N–H and O–H groups in total. The van der Waals surface area contributed by atoms with Gasteiger partial charge in [-0.15, -0.1) is 6.42 Å². The number of carbonyl (C=O) groups excluding carboxylic acids is 1. The Morgan fingerprint density at radius 2 is 1.57 bits per heavy atom. The highest BCUT2D eigenvalue weighted by Gasteiger charge is 2.20. The van der Waals surface area contributed by atoms with E-state index in [0.29, 0.717) is 12.1 Å². The lowest BCUT2D eigenvalue weighted by molar-refractivity contribution is -0.131. The van der Waals surface area contributed by atoms with Gasteiger partial charge < -0.3 is 9.80 Å². The van der Waals surface area contributed by atoms with Gasteiger partial charge in [-0.1, -0.05) is 85.2 Å². The summed E-state index contributed by atoms with van der Waals surface area (Å²) >= 11 is 0. The van der Waals surface area contributed by atoms with E-state index in [0.717, 1.165) is 43.3 Å². The number of allylic oxidation sites excluding steroid dienone is 1. The molecule has 0 atom stereocenters. The fourth-order valence-corrected chi connectivity index (χ4v) is 3.55. The number of aryl methyl sites for hydroxylation is 1. The van der Waals surface area contributed by atoms with E-state index in [1.165, 1.54) is 11.1 Å². The van der Waals surface area contributed by atoms with E-state index in [4.69, 9.17) is 6.42 Å². The first kappa shape index (κ1) is 29.0. The molecule has 1 aliphatic heterocycles. The number of aliphatic imine (C=N–C) groups is 1. The highest BCUT2D eigenvalue weighted by Crippen LogP contribution is 2.10. The zero-order valence-electron chi connectivity index (χ0n) is 22.4. The summed E-state index contributed by atoms with van der Waals surface area (Å²) < 4.78 is 0. The number of amides is 1. The zero-order valence-corrected chi connectivity index (χ0v) is 22.4. The van der Waals surface area contributed by atoms with Crippen molar-refractivity contribution in [3.8, 4) is 12.3 Å². The molecule has 0 unspecified atom stereocenters. The molecular weight excluding hydrogens is 458 g/mol. The minimum atomic E-state index is 0.230. The Balaban J connectivity index is 0.000000204. The first-order chi connectivity index (χ1) is 17.9. The molecule has 3 aromatic rings. The summed E-state index contributed by atoms with van der Waals surface area (Å²) in [4.78, 5) is 27.9. The van der Waals surface area contributed by atoms with Crippen molar-refractivity contribution in [2.75, 3.05) is 38.1 Å². The number of aromatic nitrogens is 2. The molecule has 2 aromatic carbocycles. The molecule has 192 valence electrons.